The van der Waals surface area contributed by atoms with Gasteiger partial charge in [-0.15, -0.1) is 11.3 Å². The summed E-state index contributed by atoms with van der Waals surface area (Å²) >= 11 is 1.57. The van der Waals surface area contributed by atoms with Gasteiger partial charge in [0.1, 0.15) is 35.1 Å². The number of imidazole rings is 1. The number of fused-ring (bicyclic) bond motifs is 1. The number of nitrogens with two attached hydrogens (primary N) is 1. The first kappa shape index (κ1) is 58.6. The molecule has 8 rings (SSSR count). The molecule has 0 saturated carbocycles. The number of thiazole rings is 1. The van der Waals surface area contributed by atoms with E-state index in [0.717, 1.165) is 58.1 Å². The summed E-state index contributed by atoms with van der Waals surface area (Å²) in [5, 5.41) is 16.4. The van der Waals surface area contributed by atoms with E-state index in [1.807, 2.05) is 99.3 Å². The van der Waals surface area contributed by atoms with Gasteiger partial charge in [-0.25, -0.2) is 24.3 Å². The van der Waals surface area contributed by atoms with Crippen molar-refractivity contribution in [2.75, 3.05) is 116 Å². The summed E-state index contributed by atoms with van der Waals surface area (Å²) in [7, 11) is 0. The van der Waals surface area contributed by atoms with Gasteiger partial charge < -0.3 is 55.0 Å². The van der Waals surface area contributed by atoms with Gasteiger partial charge >= 0.3 is 0 Å². The lowest BCUT2D eigenvalue weighted by Crippen LogP contribution is -2.57. The Morgan fingerprint density at radius 3 is 2.11 bits per heavy atom. The van der Waals surface area contributed by atoms with E-state index in [1.54, 1.807) is 29.7 Å². The molecule has 79 heavy (non-hydrogen) atoms. The van der Waals surface area contributed by atoms with E-state index in [2.05, 4.69) is 35.4 Å². The standard InChI is InChI=1S/C57H74FN11O9S/c1-38-52(79-37-62-38)41-8-6-40(7-9-41)35-61-55(72)49-34-44(70)36-68(49)56(73)53(57(3,4)5)65-51(71)15-22-74-24-26-76-28-30-78-31-29-77-27-25-75-23-21-66-17-19-67(20-18-66)48-13-10-43(33-45(48)58)69-39(2)63-47-12-11-46(64-54(47)69)42-14-16-60-50(59)32-42/h6-14,16,32-33,37,44,49,53,70H,15,17-31,34-36H2,1-5H3,(H2,59,60)(H,61,72)(H,65,71)/t44-,49+,53-/m1/s1. The largest absolute Gasteiger partial charge is 0.391 e. The highest BCUT2D eigenvalue weighted by Crippen LogP contribution is 2.31. The summed E-state index contributed by atoms with van der Waals surface area (Å²) in [5.41, 5.74) is 14.1. The minimum atomic E-state index is -0.931. The second-order valence-corrected chi connectivity index (χ2v) is 21.6. The van der Waals surface area contributed by atoms with Gasteiger partial charge in [0.15, 0.2) is 5.65 Å². The van der Waals surface area contributed by atoms with Crippen molar-refractivity contribution in [3.8, 4) is 27.4 Å². The average Bonchev–Trinajstić information content (AvgIpc) is 4.28. The lowest BCUT2D eigenvalue weighted by Gasteiger charge is -2.36. The molecule has 2 aliphatic heterocycles. The molecular weight excluding hydrogens is 1030 g/mol. The van der Waals surface area contributed by atoms with E-state index in [0.29, 0.717) is 94.6 Å². The minimum absolute atomic E-state index is 0.00640. The number of carbonyl (C=O) groups is 3. The predicted molar refractivity (Wildman–Crippen MR) is 300 cm³/mol. The number of benzene rings is 2. The van der Waals surface area contributed by atoms with Crippen LogP contribution >= 0.6 is 11.3 Å². The molecule has 0 aliphatic carbocycles. The van der Waals surface area contributed by atoms with Crippen LogP contribution in [0.4, 0.5) is 15.9 Å². The van der Waals surface area contributed by atoms with Crippen molar-refractivity contribution in [2.24, 2.45) is 5.41 Å². The van der Waals surface area contributed by atoms with Gasteiger partial charge in [-0.3, -0.25) is 23.9 Å². The number of piperazine rings is 1. The Bertz CT molecular complexity index is 2960. The SMILES string of the molecule is Cc1ncsc1-c1ccc(CNC(=O)[C@@H]2C[C@@H](O)CN2C(=O)[C@@H](NC(=O)CCOCCOCCOCCOCCOCCN2CCN(c3ccc(-n4c(C)nc5ccc(-c6ccnc(N)c6)nc54)cc3F)CC2)C(C)(C)C)cc1. The first-order chi connectivity index (χ1) is 38.1. The summed E-state index contributed by atoms with van der Waals surface area (Å²) in [4.78, 5) is 65.2. The molecule has 0 bridgehead atoms. The molecule has 0 radical (unpaired) electrons. The smallest absolute Gasteiger partial charge is 0.246 e. The predicted octanol–water partition coefficient (Wildman–Crippen LogP) is 5.35. The molecule has 2 aromatic carbocycles. The molecule has 0 unspecified atom stereocenters. The van der Waals surface area contributed by atoms with Crippen LogP contribution in [0.5, 0.6) is 0 Å². The monoisotopic (exact) mass is 1110 g/mol. The van der Waals surface area contributed by atoms with Gasteiger partial charge in [0.05, 0.1) is 105 Å². The number of likely N-dealkylation sites (tertiary alicyclic amines) is 1. The first-order valence-corrected chi connectivity index (χ1v) is 27.8. The lowest BCUT2D eigenvalue weighted by atomic mass is 9.85. The molecule has 3 atom stereocenters. The van der Waals surface area contributed by atoms with E-state index in [9.17, 15) is 19.5 Å². The van der Waals surface area contributed by atoms with Gasteiger partial charge in [0.2, 0.25) is 17.7 Å². The van der Waals surface area contributed by atoms with Gasteiger partial charge in [-0.1, -0.05) is 45.0 Å². The molecule has 2 saturated heterocycles. The number of nitrogen functional groups attached to an aromatic ring is 1. The maximum atomic E-state index is 15.7. The lowest BCUT2D eigenvalue weighted by molar-refractivity contribution is -0.144. The quantitative estimate of drug-likeness (QED) is 0.0476. The fourth-order valence-corrected chi connectivity index (χ4v) is 10.4. The number of β-amino-alcohol motifs (C(OH)–C–C–N with tert-alkyl or cyclic N) is 1. The Balaban J connectivity index is 0.626. The zero-order valence-corrected chi connectivity index (χ0v) is 46.6. The summed E-state index contributed by atoms with van der Waals surface area (Å²) < 4.78 is 45.9. The highest BCUT2D eigenvalue weighted by atomic mass is 32.1. The first-order valence-electron chi connectivity index (χ1n) is 26.9. The number of anilines is 2. The maximum Gasteiger partial charge on any atom is 0.246 e. The van der Waals surface area contributed by atoms with Crippen LogP contribution < -0.4 is 21.3 Å². The van der Waals surface area contributed by atoms with Crippen LogP contribution in [0.25, 0.3) is 38.5 Å². The van der Waals surface area contributed by atoms with Crippen molar-refractivity contribution in [2.45, 2.75) is 72.2 Å². The van der Waals surface area contributed by atoms with Gasteiger partial charge in [-0.05, 0) is 66.8 Å². The number of rotatable bonds is 27. The zero-order chi connectivity index (χ0) is 55.9. The fourth-order valence-electron chi connectivity index (χ4n) is 9.61. The minimum Gasteiger partial charge on any atom is -0.391 e. The third kappa shape index (κ3) is 16.1. The molecule has 2 aliphatic rings. The van der Waals surface area contributed by atoms with Crippen molar-refractivity contribution >= 4 is 51.7 Å². The topological polar surface area (TPSA) is 234 Å². The maximum absolute atomic E-state index is 15.7. The Hall–Kier alpha value is -6.50. The number of hydrogen-bond donors (Lipinski definition) is 4. The molecule has 6 aromatic rings. The van der Waals surface area contributed by atoms with Crippen LogP contribution in [-0.2, 0) is 44.6 Å². The molecule has 3 amide bonds. The van der Waals surface area contributed by atoms with Gasteiger partial charge in [0, 0.05) is 76.5 Å². The molecule has 22 heteroatoms. The van der Waals surface area contributed by atoms with Crippen molar-refractivity contribution in [3.05, 3.63) is 101 Å². The second-order valence-electron chi connectivity index (χ2n) is 20.7. The summed E-state index contributed by atoms with van der Waals surface area (Å²) in [5.74, 6) is -0.332. The van der Waals surface area contributed by atoms with Gasteiger partial charge in [0.25, 0.3) is 0 Å². The number of nitrogens with zero attached hydrogens (tertiary/aromatic N) is 8. The molecule has 2 fully saturated rings. The molecule has 5 N–H and O–H groups in total. The summed E-state index contributed by atoms with van der Waals surface area (Å²) in [6, 6.07) is 18.8. The summed E-state index contributed by atoms with van der Waals surface area (Å²) in [6.07, 6.45) is 0.912. The number of aliphatic hydroxyl groups is 1. The van der Waals surface area contributed by atoms with Crippen LogP contribution in [0.1, 0.15) is 50.7 Å². The Morgan fingerprint density at radius 1 is 0.810 bits per heavy atom. The highest BCUT2D eigenvalue weighted by Gasteiger charge is 2.44. The molecule has 20 nitrogen and oxygen atoms in total. The second kappa shape index (κ2) is 28.1. The van der Waals surface area contributed by atoms with Crippen molar-refractivity contribution in [1.29, 1.82) is 0 Å². The van der Waals surface area contributed by atoms with Crippen LogP contribution in [-0.4, -0.2) is 181 Å². The van der Waals surface area contributed by atoms with E-state index >= 15 is 4.39 Å². The van der Waals surface area contributed by atoms with Crippen molar-refractivity contribution in [1.82, 2.24) is 44.9 Å². The van der Waals surface area contributed by atoms with Gasteiger partial charge in [-0.2, -0.15) is 0 Å². The molecule has 424 valence electrons. The number of pyridine rings is 2. The Kier molecular flexibility index (Phi) is 20.8. The number of amides is 3. The Labute approximate surface area is 464 Å². The van der Waals surface area contributed by atoms with Crippen molar-refractivity contribution in [3.63, 3.8) is 0 Å². The number of aromatic nitrogens is 5. The number of nitrogens with one attached hydrogen (secondary N) is 2. The molecule has 0 spiro atoms. The molecular formula is C57H74FN11O9S. The fraction of sp³-hybridized carbons (Fsp3) is 0.491. The third-order valence-corrected chi connectivity index (χ3v) is 14.9. The third-order valence-electron chi connectivity index (χ3n) is 13.9. The average molecular weight is 1110 g/mol. The van der Waals surface area contributed by atoms with E-state index in [4.69, 9.17) is 34.4 Å². The van der Waals surface area contributed by atoms with Crippen LogP contribution in [0, 0.1) is 25.1 Å². The number of aliphatic hydroxyl groups excluding tert-OH is 1. The number of aryl methyl sites for hydroxylation is 2. The Morgan fingerprint density at radius 2 is 1.48 bits per heavy atom. The zero-order valence-electron chi connectivity index (χ0n) is 45.8. The molecule has 4 aromatic heterocycles. The van der Waals surface area contributed by atoms with Crippen LogP contribution in [0.3, 0.4) is 0 Å². The summed E-state index contributed by atoms with van der Waals surface area (Å²) in [6.45, 7) is 17.2. The highest BCUT2D eigenvalue weighted by molar-refractivity contribution is 7.13. The number of carbonyl (C=O) groups excluding carboxylic acids is 3. The van der Waals surface area contributed by atoms with Crippen LogP contribution in [0.2, 0.25) is 0 Å². The van der Waals surface area contributed by atoms with E-state index < -0.39 is 29.5 Å². The normalized spacial score (nSPS) is 16.4. The number of hydrogen-bond acceptors (Lipinski definition) is 17. The van der Waals surface area contributed by atoms with E-state index in [1.165, 1.54) is 4.90 Å². The van der Waals surface area contributed by atoms with E-state index in [-0.39, 0.29) is 56.8 Å². The number of ether oxygens (including phenoxy) is 5. The van der Waals surface area contributed by atoms with Crippen molar-refractivity contribution < 1.29 is 47.6 Å². The van der Waals surface area contributed by atoms with Crippen LogP contribution in [0.15, 0.2) is 78.4 Å². The molecule has 6 heterocycles. The number of halogens is 1.